The van der Waals surface area contributed by atoms with Gasteiger partial charge in [0.25, 0.3) is 0 Å². The molecule has 0 heterocycles. The lowest BCUT2D eigenvalue weighted by molar-refractivity contribution is -0.144. The first-order valence-corrected chi connectivity index (χ1v) is 6.62. The molecule has 0 spiro atoms. The van der Waals surface area contributed by atoms with Gasteiger partial charge in [0.2, 0.25) is 0 Å². The Labute approximate surface area is 129 Å². The molecular formula is C14H22O8. The SMILES string of the molecule is C=COC(=O)COCCOCCOCCOCC(=O)OC=C. The third-order valence-electron chi connectivity index (χ3n) is 1.99. The van der Waals surface area contributed by atoms with Gasteiger partial charge in [-0.2, -0.15) is 0 Å². The number of hydrogen-bond acceptors (Lipinski definition) is 8. The summed E-state index contributed by atoms with van der Waals surface area (Å²) in [6, 6.07) is 0. The summed E-state index contributed by atoms with van der Waals surface area (Å²) in [5.74, 6) is -1.01. The highest BCUT2D eigenvalue weighted by Gasteiger charge is 2.01. The number of hydrogen-bond donors (Lipinski definition) is 0. The molecule has 0 atom stereocenters. The molecule has 0 fully saturated rings. The number of carbonyl (C=O) groups excluding carboxylic acids is 2. The van der Waals surface area contributed by atoms with Crippen molar-refractivity contribution >= 4 is 11.9 Å². The smallest absolute Gasteiger partial charge is 0.336 e. The van der Waals surface area contributed by atoms with Crippen LogP contribution in [0, 0.1) is 0 Å². The van der Waals surface area contributed by atoms with Crippen LogP contribution in [0.3, 0.4) is 0 Å². The highest BCUT2D eigenvalue weighted by Crippen LogP contribution is 1.86. The summed E-state index contributed by atoms with van der Waals surface area (Å²) in [4.78, 5) is 21.7. The Balaban J connectivity index is 3.14. The van der Waals surface area contributed by atoms with Crippen LogP contribution in [-0.4, -0.2) is 64.8 Å². The number of esters is 2. The van der Waals surface area contributed by atoms with Gasteiger partial charge >= 0.3 is 11.9 Å². The molecule has 8 nitrogen and oxygen atoms in total. The monoisotopic (exact) mass is 318 g/mol. The van der Waals surface area contributed by atoms with Gasteiger partial charge in [0, 0.05) is 0 Å². The van der Waals surface area contributed by atoms with E-state index < -0.39 is 11.9 Å². The van der Waals surface area contributed by atoms with Gasteiger partial charge in [-0.3, -0.25) is 0 Å². The summed E-state index contributed by atoms with van der Waals surface area (Å²) < 4.78 is 29.3. The van der Waals surface area contributed by atoms with Gasteiger partial charge < -0.3 is 28.4 Å². The van der Waals surface area contributed by atoms with Crippen molar-refractivity contribution in [1.29, 1.82) is 0 Å². The van der Waals surface area contributed by atoms with E-state index in [9.17, 15) is 9.59 Å². The summed E-state index contributed by atoms with van der Waals surface area (Å²) in [6.07, 6.45) is 2.09. The van der Waals surface area contributed by atoms with E-state index in [2.05, 4.69) is 22.6 Å². The Morgan fingerprint density at radius 3 is 1.27 bits per heavy atom. The lowest BCUT2D eigenvalue weighted by atomic mass is 10.6. The van der Waals surface area contributed by atoms with Crippen molar-refractivity contribution in [3.8, 4) is 0 Å². The van der Waals surface area contributed by atoms with Crippen LogP contribution in [0.4, 0.5) is 0 Å². The van der Waals surface area contributed by atoms with Crippen LogP contribution in [0.5, 0.6) is 0 Å². The predicted molar refractivity (Wildman–Crippen MR) is 75.9 cm³/mol. The molecule has 0 aliphatic heterocycles. The van der Waals surface area contributed by atoms with Gasteiger partial charge in [-0.1, -0.05) is 13.2 Å². The highest BCUT2D eigenvalue weighted by molar-refractivity contribution is 5.71. The minimum atomic E-state index is -0.504. The molecule has 0 saturated heterocycles. The van der Waals surface area contributed by atoms with Crippen molar-refractivity contribution < 1.29 is 38.0 Å². The van der Waals surface area contributed by atoms with E-state index in [0.717, 1.165) is 12.5 Å². The van der Waals surface area contributed by atoms with Crippen LogP contribution in [0.1, 0.15) is 0 Å². The fraction of sp³-hybridized carbons (Fsp3) is 0.571. The zero-order chi connectivity index (χ0) is 16.5. The fourth-order valence-corrected chi connectivity index (χ4v) is 1.12. The Hall–Kier alpha value is -1.74. The molecule has 0 amide bonds. The van der Waals surface area contributed by atoms with Gasteiger partial charge in [-0.15, -0.1) is 0 Å². The molecule has 0 unspecified atom stereocenters. The van der Waals surface area contributed by atoms with E-state index >= 15 is 0 Å². The number of ether oxygens (including phenoxy) is 6. The number of carbonyl (C=O) groups is 2. The van der Waals surface area contributed by atoms with E-state index in [4.69, 9.17) is 18.9 Å². The average Bonchev–Trinajstić information content (AvgIpc) is 2.49. The van der Waals surface area contributed by atoms with Crippen LogP contribution in [0.15, 0.2) is 25.7 Å². The molecule has 126 valence electrons. The molecule has 0 aromatic rings. The van der Waals surface area contributed by atoms with Crippen molar-refractivity contribution in [2.45, 2.75) is 0 Å². The third kappa shape index (κ3) is 14.7. The van der Waals surface area contributed by atoms with E-state index in [1.807, 2.05) is 0 Å². The van der Waals surface area contributed by atoms with Crippen molar-refractivity contribution in [1.82, 2.24) is 0 Å². The Morgan fingerprint density at radius 2 is 0.955 bits per heavy atom. The number of rotatable bonds is 15. The standard InChI is InChI=1S/C14H22O8/c1-3-21-13(15)11-19-9-7-17-5-6-18-8-10-20-12-14(16)22-4-2/h3-4H,1-2,5-12H2. The minimum Gasteiger partial charge on any atom is -0.433 e. The third-order valence-corrected chi connectivity index (χ3v) is 1.99. The molecule has 0 bridgehead atoms. The topological polar surface area (TPSA) is 89.5 Å². The van der Waals surface area contributed by atoms with Crippen LogP contribution >= 0.6 is 0 Å². The quantitative estimate of drug-likeness (QED) is 0.244. The first kappa shape index (κ1) is 20.3. The molecule has 22 heavy (non-hydrogen) atoms. The molecule has 0 aromatic heterocycles. The molecular weight excluding hydrogens is 296 g/mol. The van der Waals surface area contributed by atoms with Gasteiger partial charge in [0.1, 0.15) is 13.2 Å². The van der Waals surface area contributed by atoms with Crippen molar-refractivity contribution in [3.63, 3.8) is 0 Å². The Morgan fingerprint density at radius 1 is 0.636 bits per heavy atom. The van der Waals surface area contributed by atoms with Gasteiger partial charge in [-0.05, 0) is 0 Å². The summed E-state index contributed by atoms with van der Waals surface area (Å²) in [5.41, 5.74) is 0. The maximum Gasteiger partial charge on any atom is 0.336 e. The highest BCUT2D eigenvalue weighted by atomic mass is 16.6. The average molecular weight is 318 g/mol. The molecule has 0 rings (SSSR count). The molecule has 0 aliphatic rings. The van der Waals surface area contributed by atoms with Gasteiger partial charge in [-0.25, -0.2) is 9.59 Å². The van der Waals surface area contributed by atoms with Crippen LogP contribution < -0.4 is 0 Å². The molecule has 0 saturated carbocycles. The summed E-state index contributed by atoms with van der Waals surface area (Å²) in [5, 5.41) is 0. The first-order valence-electron chi connectivity index (χ1n) is 6.62. The Bertz CT molecular complexity index is 297. The molecule has 0 aliphatic carbocycles. The first-order chi connectivity index (χ1) is 10.7. The van der Waals surface area contributed by atoms with E-state index in [0.29, 0.717) is 26.4 Å². The maximum absolute atomic E-state index is 10.9. The summed E-state index contributed by atoms with van der Waals surface area (Å²) >= 11 is 0. The van der Waals surface area contributed by atoms with E-state index in [-0.39, 0.29) is 26.4 Å². The second-order valence-corrected chi connectivity index (χ2v) is 3.64. The van der Waals surface area contributed by atoms with Crippen LogP contribution in [0.2, 0.25) is 0 Å². The molecule has 0 aromatic carbocycles. The van der Waals surface area contributed by atoms with Crippen LogP contribution in [0.25, 0.3) is 0 Å². The van der Waals surface area contributed by atoms with Crippen molar-refractivity contribution in [3.05, 3.63) is 25.7 Å². The minimum absolute atomic E-state index is 0.141. The zero-order valence-electron chi connectivity index (χ0n) is 12.5. The molecule has 0 N–H and O–H groups in total. The normalized spacial score (nSPS) is 10.0. The van der Waals surface area contributed by atoms with Gasteiger partial charge in [0.15, 0.2) is 0 Å². The van der Waals surface area contributed by atoms with E-state index in [1.54, 1.807) is 0 Å². The summed E-state index contributed by atoms with van der Waals surface area (Å²) in [6.45, 7) is 8.23. The second kappa shape index (κ2) is 15.6. The predicted octanol–water partition coefficient (Wildman–Crippen LogP) is 0.426. The lowest BCUT2D eigenvalue weighted by Gasteiger charge is -2.06. The van der Waals surface area contributed by atoms with Crippen molar-refractivity contribution in [2.75, 3.05) is 52.9 Å². The van der Waals surface area contributed by atoms with Gasteiger partial charge in [0.05, 0.1) is 52.2 Å². The summed E-state index contributed by atoms with van der Waals surface area (Å²) in [7, 11) is 0. The molecule has 0 radical (unpaired) electrons. The Kier molecular flexibility index (Phi) is 14.4. The lowest BCUT2D eigenvalue weighted by Crippen LogP contribution is -2.16. The van der Waals surface area contributed by atoms with E-state index in [1.165, 1.54) is 0 Å². The van der Waals surface area contributed by atoms with Crippen LogP contribution in [-0.2, 0) is 38.0 Å². The van der Waals surface area contributed by atoms with Crippen molar-refractivity contribution in [2.24, 2.45) is 0 Å². The maximum atomic E-state index is 10.9. The largest absolute Gasteiger partial charge is 0.433 e. The molecule has 8 heteroatoms. The fourth-order valence-electron chi connectivity index (χ4n) is 1.12. The second-order valence-electron chi connectivity index (χ2n) is 3.64. The zero-order valence-corrected chi connectivity index (χ0v) is 12.5.